The van der Waals surface area contributed by atoms with Gasteiger partial charge in [-0.2, -0.15) is 13.2 Å². The zero-order valence-electron chi connectivity index (χ0n) is 9.93. The van der Waals surface area contributed by atoms with E-state index >= 15 is 0 Å². The monoisotopic (exact) mass is 245 g/mol. The first-order valence-corrected chi connectivity index (χ1v) is 5.81. The normalized spacial score (nSPS) is 13.6. The van der Waals surface area contributed by atoms with E-state index < -0.39 is 12.6 Å². The van der Waals surface area contributed by atoms with Crippen LogP contribution in [0.4, 0.5) is 13.2 Å². The van der Waals surface area contributed by atoms with E-state index in [-0.39, 0.29) is 12.5 Å². The summed E-state index contributed by atoms with van der Waals surface area (Å²) >= 11 is 0. The van der Waals surface area contributed by atoms with Crippen molar-refractivity contribution in [2.24, 2.45) is 0 Å². The first-order chi connectivity index (χ1) is 7.97. The predicted octanol–water partition coefficient (Wildman–Crippen LogP) is 3.55. The molecule has 0 saturated carbocycles. The van der Waals surface area contributed by atoms with Gasteiger partial charge in [-0.3, -0.25) is 0 Å². The molecular formula is C13H18F3N. The van der Waals surface area contributed by atoms with Crippen molar-refractivity contribution in [2.75, 3.05) is 6.54 Å². The molecule has 1 aromatic carbocycles. The topological polar surface area (TPSA) is 12.0 Å². The average molecular weight is 245 g/mol. The number of nitrogens with one attached hydrogen (secondary N) is 1. The van der Waals surface area contributed by atoms with Crippen LogP contribution in [0.5, 0.6) is 0 Å². The Morgan fingerprint density at radius 1 is 1.18 bits per heavy atom. The van der Waals surface area contributed by atoms with Crippen molar-refractivity contribution in [1.82, 2.24) is 5.32 Å². The molecule has 0 saturated heterocycles. The molecule has 0 aromatic heterocycles. The molecule has 0 aliphatic carbocycles. The Balaban J connectivity index is 2.16. The number of hydrogen-bond donors (Lipinski definition) is 1. The summed E-state index contributed by atoms with van der Waals surface area (Å²) in [5.74, 6) is 0. The van der Waals surface area contributed by atoms with Gasteiger partial charge >= 0.3 is 6.18 Å². The summed E-state index contributed by atoms with van der Waals surface area (Å²) < 4.78 is 35.7. The minimum absolute atomic E-state index is 0.141. The standard InChI is InChI=1S/C13H18F3N/c1-11(10-12-6-3-2-4-7-12)17-9-5-8-13(14,15)16/h2-4,6-7,11,17H,5,8-10H2,1H3. The lowest BCUT2D eigenvalue weighted by molar-refractivity contribution is -0.135. The molecule has 0 bridgehead atoms. The van der Waals surface area contributed by atoms with Gasteiger partial charge in [0.1, 0.15) is 0 Å². The molecule has 0 radical (unpaired) electrons. The SMILES string of the molecule is CC(Cc1ccccc1)NCCCC(F)(F)F. The largest absolute Gasteiger partial charge is 0.389 e. The lowest BCUT2D eigenvalue weighted by Crippen LogP contribution is -2.29. The van der Waals surface area contributed by atoms with Crippen molar-refractivity contribution in [3.05, 3.63) is 35.9 Å². The summed E-state index contributed by atoms with van der Waals surface area (Å²) in [5, 5.41) is 3.10. The molecule has 1 rings (SSSR count). The third-order valence-electron chi connectivity index (χ3n) is 2.51. The van der Waals surface area contributed by atoms with Gasteiger partial charge in [0, 0.05) is 12.5 Å². The molecule has 0 amide bonds. The average Bonchev–Trinajstić information content (AvgIpc) is 2.25. The van der Waals surface area contributed by atoms with Gasteiger partial charge in [0.25, 0.3) is 0 Å². The number of rotatable bonds is 6. The first-order valence-electron chi connectivity index (χ1n) is 5.81. The minimum Gasteiger partial charge on any atom is -0.314 e. The second-order valence-corrected chi connectivity index (χ2v) is 4.26. The highest BCUT2D eigenvalue weighted by Gasteiger charge is 2.25. The highest BCUT2D eigenvalue weighted by molar-refractivity contribution is 5.15. The lowest BCUT2D eigenvalue weighted by atomic mass is 10.1. The van der Waals surface area contributed by atoms with Gasteiger partial charge in [0.15, 0.2) is 0 Å². The number of benzene rings is 1. The fraction of sp³-hybridized carbons (Fsp3) is 0.538. The van der Waals surface area contributed by atoms with Crippen LogP contribution in [0, 0.1) is 0 Å². The Morgan fingerprint density at radius 2 is 1.82 bits per heavy atom. The van der Waals surface area contributed by atoms with Gasteiger partial charge in [-0.15, -0.1) is 0 Å². The van der Waals surface area contributed by atoms with Gasteiger partial charge in [0.05, 0.1) is 0 Å². The van der Waals surface area contributed by atoms with Crippen LogP contribution in [-0.2, 0) is 6.42 Å². The van der Waals surface area contributed by atoms with E-state index in [1.165, 1.54) is 5.56 Å². The maximum absolute atomic E-state index is 11.9. The molecule has 1 N–H and O–H groups in total. The molecular weight excluding hydrogens is 227 g/mol. The molecule has 1 unspecified atom stereocenters. The molecule has 0 spiro atoms. The molecule has 1 atom stereocenters. The van der Waals surface area contributed by atoms with Crippen molar-refractivity contribution < 1.29 is 13.2 Å². The fourth-order valence-electron chi connectivity index (χ4n) is 1.68. The van der Waals surface area contributed by atoms with E-state index in [0.29, 0.717) is 6.54 Å². The maximum Gasteiger partial charge on any atom is 0.389 e. The minimum atomic E-state index is -4.04. The Morgan fingerprint density at radius 3 is 2.41 bits per heavy atom. The van der Waals surface area contributed by atoms with E-state index in [0.717, 1.165) is 6.42 Å². The van der Waals surface area contributed by atoms with Crippen molar-refractivity contribution in [2.45, 2.75) is 38.4 Å². The summed E-state index contributed by atoms with van der Waals surface area (Å²) in [6, 6.07) is 10.1. The molecule has 4 heteroatoms. The second-order valence-electron chi connectivity index (χ2n) is 4.26. The van der Waals surface area contributed by atoms with E-state index in [4.69, 9.17) is 0 Å². The fourth-order valence-corrected chi connectivity index (χ4v) is 1.68. The predicted molar refractivity (Wildman–Crippen MR) is 62.9 cm³/mol. The Kier molecular flexibility index (Phi) is 5.48. The zero-order chi connectivity index (χ0) is 12.7. The summed E-state index contributed by atoms with van der Waals surface area (Å²) in [4.78, 5) is 0. The van der Waals surface area contributed by atoms with Crippen LogP contribution < -0.4 is 5.32 Å². The van der Waals surface area contributed by atoms with Gasteiger partial charge < -0.3 is 5.32 Å². The molecule has 0 aliphatic heterocycles. The Bertz CT molecular complexity index is 308. The molecule has 17 heavy (non-hydrogen) atoms. The summed E-state index contributed by atoms with van der Waals surface area (Å²) in [6.45, 7) is 2.40. The van der Waals surface area contributed by atoms with Crippen molar-refractivity contribution in [3.8, 4) is 0 Å². The van der Waals surface area contributed by atoms with Crippen LogP contribution in [-0.4, -0.2) is 18.8 Å². The maximum atomic E-state index is 11.9. The number of halogens is 3. The van der Waals surface area contributed by atoms with Crippen molar-refractivity contribution >= 4 is 0 Å². The summed E-state index contributed by atoms with van der Waals surface area (Å²) in [6.07, 6.45) is -3.77. The third kappa shape index (κ3) is 7.00. The van der Waals surface area contributed by atoms with E-state index in [9.17, 15) is 13.2 Å². The van der Waals surface area contributed by atoms with Gasteiger partial charge in [-0.1, -0.05) is 30.3 Å². The summed E-state index contributed by atoms with van der Waals surface area (Å²) in [7, 11) is 0. The van der Waals surface area contributed by atoms with Gasteiger partial charge in [0.2, 0.25) is 0 Å². The zero-order valence-corrected chi connectivity index (χ0v) is 9.93. The van der Waals surface area contributed by atoms with Gasteiger partial charge in [-0.05, 0) is 31.9 Å². The van der Waals surface area contributed by atoms with Crippen LogP contribution in [0.15, 0.2) is 30.3 Å². The van der Waals surface area contributed by atoms with Crippen molar-refractivity contribution in [1.29, 1.82) is 0 Å². The quantitative estimate of drug-likeness (QED) is 0.756. The number of alkyl halides is 3. The van der Waals surface area contributed by atoms with Crippen LogP contribution >= 0.6 is 0 Å². The van der Waals surface area contributed by atoms with Crippen LogP contribution in [0.1, 0.15) is 25.3 Å². The van der Waals surface area contributed by atoms with Crippen molar-refractivity contribution in [3.63, 3.8) is 0 Å². The highest BCUT2D eigenvalue weighted by atomic mass is 19.4. The van der Waals surface area contributed by atoms with Gasteiger partial charge in [-0.25, -0.2) is 0 Å². The van der Waals surface area contributed by atoms with Crippen LogP contribution in [0.2, 0.25) is 0 Å². The molecule has 0 heterocycles. The number of hydrogen-bond acceptors (Lipinski definition) is 1. The highest BCUT2D eigenvalue weighted by Crippen LogP contribution is 2.20. The van der Waals surface area contributed by atoms with Crippen LogP contribution in [0.3, 0.4) is 0 Å². The Hall–Kier alpha value is -1.03. The van der Waals surface area contributed by atoms with E-state index in [1.54, 1.807) is 0 Å². The Labute approximate surface area is 100 Å². The molecule has 0 aliphatic rings. The molecule has 1 nitrogen and oxygen atoms in total. The first kappa shape index (κ1) is 14.0. The van der Waals surface area contributed by atoms with Crippen LogP contribution in [0.25, 0.3) is 0 Å². The molecule has 96 valence electrons. The van der Waals surface area contributed by atoms with E-state index in [2.05, 4.69) is 5.32 Å². The second kappa shape index (κ2) is 6.64. The smallest absolute Gasteiger partial charge is 0.314 e. The van der Waals surface area contributed by atoms with E-state index in [1.807, 2.05) is 37.3 Å². The summed E-state index contributed by atoms with van der Waals surface area (Å²) in [5.41, 5.74) is 1.20. The third-order valence-corrected chi connectivity index (χ3v) is 2.51. The lowest BCUT2D eigenvalue weighted by Gasteiger charge is -2.14. The molecule has 0 fully saturated rings. The molecule has 1 aromatic rings.